The summed E-state index contributed by atoms with van der Waals surface area (Å²) in [4.78, 5) is 0. The highest BCUT2D eigenvalue weighted by Crippen LogP contribution is 2.66. The molecule has 0 fully saturated rings. The summed E-state index contributed by atoms with van der Waals surface area (Å²) in [5.41, 5.74) is -6.79. The molecule has 0 unspecified atom stereocenters. The summed E-state index contributed by atoms with van der Waals surface area (Å²) < 4.78 is 486. The molecule has 0 aromatic rings. The average Bonchev–Trinajstić information content (AvgIpc) is 3.21. The first kappa shape index (κ1) is 73.9. The maximum Gasteiger partial charge on any atom is 0.582 e. The Kier molecular flexibility index (Phi) is 23.2. The van der Waals surface area contributed by atoms with Crippen molar-refractivity contribution in [3.05, 3.63) is 0 Å². The Hall–Kier alpha value is -2.19. The smallest absolute Gasteiger partial charge is 0.374 e. The van der Waals surface area contributed by atoms with E-state index < -0.39 is 177 Å². The van der Waals surface area contributed by atoms with E-state index in [9.17, 15) is 149 Å². The Morgan fingerprint density at radius 2 is 0.486 bits per heavy atom. The topological polar surface area (TPSA) is 55.4 Å². The summed E-state index contributed by atoms with van der Waals surface area (Å²) >= 11 is 0. The second-order valence-corrected chi connectivity index (χ2v) is 19.6. The van der Waals surface area contributed by atoms with Crippen molar-refractivity contribution in [2.75, 3.05) is 39.6 Å². The van der Waals surface area contributed by atoms with Gasteiger partial charge in [0.05, 0.1) is 0 Å². The van der Waals surface area contributed by atoms with Crippen LogP contribution in [-0.2, 0) is 26.6 Å². The van der Waals surface area contributed by atoms with Crippen LogP contribution in [0, 0.1) is 0 Å². The summed E-state index contributed by atoms with van der Waals surface area (Å²) in [7, 11) is -11.1. The third-order valence-corrected chi connectivity index (χ3v) is 15.3. The molecule has 0 radical (unpaired) electrons. The molecule has 0 heterocycles. The third-order valence-electron chi connectivity index (χ3n) is 9.17. The monoisotopic (exact) mass is 1220 g/mol. The van der Waals surface area contributed by atoms with Crippen LogP contribution in [-0.4, -0.2) is 152 Å². The van der Waals surface area contributed by atoms with Crippen molar-refractivity contribution in [1.29, 1.82) is 0 Å². The van der Waals surface area contributed by atoms with Gasteiger partial charge < -0.3 is 26.6 Å². The van der Waals surface area contributed by atoms with E-state index in [0.29, 0.717) is 0 Å². The predicted molar refractivity (Wildman–Crippen MR) is 181 cm³/mol. The van der Waals surface area contributed by atoms with E-state index in [1.807, 2.05) is 0 Å². The molecule has 0 aliphatic carbocycles. The maximum absolute atomic E-state index is 14.7. The third kappa shape index (κ3) is 12.6. The number of hydrogen-bond acceptors (Lipinski definition) is 6. The molecular formula is C32H38F34O6Si2. The Labute approximate surface area is 395 Å². The van der Waals surface area contributed by atoms with Crippen LogP contribution in [0.25, 0.3) is 0 Å². The highest BCUT2D eigenvalue weighted by Gasteiger charge is 2.97. The molecule has 0 saturated heterocycles. The van der Waals surface area contributed by atoms with E-state index in [-0.39, 0.29) is 0 Å². The molecule has 0 aromatic carbocycles. The fourth-order valence-corrected chi connectivity index (χ4v) is 10.4. The normalized spacial score (nSPS) is 15.9. The molecule has 74 heavy (non-hydrogen) atoms. The van der Waals surface area contributed by atoms with Crippen molar-refractivity contribution in [2.45, 2.75) is 162 Å². The van der Waals surface area contributed by atoms with E-state index in [0.717, 1.165) is 20.8 Å². The van der Waals surface area contributed by atoms with Gasteiger partial charge in [-0.25, -0.2) is 0 Å². The van der Waals surface area contributed by atoms with Crippen molar-refractivity contribution in [1.82, 2.24) is 0 Å². The lowest BCUT2D eigenvalue weighted by Crippen LogP contribution is -2.78. The minimum atomic E-state index is -8.65. The van der Waals surface area contributed by atoms with Gasteiger partial charge in [0.2, 0.25) is 0 Å². The number of halogens is 34. The first-order valence-corrected chi connectivity index (χ1v) is 23.2. The predicted octanol–water partition coefficient (Wildman–Crippen LogP) is 14.8. The molecule has 0 amide bonds. The quantitative estimate of drug-likeness (QED) is 0.0528. The van der Waals surface area contributed by atoms with Gasteiger partial charge in [-0.05, 0) is 41.5 Å². The standard InChI is InChI=1S/2C16H19F17O3Si/c1-4-34-37(35-5-2,36-6-3)8-7-9(17,18)10(19,20)11(21,22)12(23,24)13(25,26)14(27,28)15(29,30)16(31,32)33;1-4-34-37(35-5-2,36-6-3)16(32,33)15(30,31)14(28,29)13(26,27)12(24,25)11(22,23)9(17,18)7-8-10(19,20)21/h2*4-8H2,1-3H3. The van der Waals surface area contributed by atoms with Gasteiger partial charge in [0.15, 0.2) is 0 Å². The molecule has 0 aromatic heterocycles. The summed E-state index contributed by atoms with van der Waals surface area (Å²) in [5.74, 6) is -104. The summed E-state index contributed by atoms with van der Waals surface area (Å²) in [6.45, 7) is 1.28. The van der Waals surface area contributed by atoms with E-state index in [2.05, 4.69) is 13.3 Å². The van der Waals surface area contributed by atoms with E-state index in [1.54, 1.807) is 0 Å². The van der Waals surface area contributed by atoms with Crippen LogP contribution in [0.2, 0.25) is 6.04 Å². The lowest BCUT2D eigenvalue weighted by molar-refractivity contribution is -0.461. The van der Waals surface area contributed by atoms with Crippen molar-refractivity contribution in [3.8, 4) is 0 Å². The van der Waals surface area contributed by atoms with Gasteiger partial charge in [0.1, 0.15) is 0 Å². The van der Waals surface area contributed by atoms with E-state index in [1.165, 1.54) is 20.8 Å². The van der Waals surface area contributed by atoms with Gasteiger partial charge in [-0.3, -0.25) is 0 Å². The van der Waals surface area contributed by atoms with E-state index in [4.69, 9.17) is 13.3 Å². The van der Waals surface area contributed by atoms with Crippen molar-refractivity contribution < 1.29 is 176 Å². The van der Waals surface area contributed by atoms with Gasteiger partial charge >= 0.3 is 113 Å². The molecule has 448 valence electrons. The Morgan fingerprint density at radius 3 is 0.730 bits per heavy atom. The van der Waals surface area contributed by atoms with Gasteiger partial charge in [-0.2, -0.15) is 149 Å². The van der Waals surface area contributed by atoms with Crippen LogP contribution in [0.4, 0.5) is 149 Å². The van der Waals surface area contributed by atoms with Gasteiger partial charge in [0, 0.05) is 64.9 Å². The summed E-state index contributed by atoms with van der Waals surface area (Å²) in [6, 6.07) is -1.56. The van der Waals surface area contributed by atoms with Gasteiger partial charge in [-0.1, -0.05) is 0 Å². The molecule has 0 aliphatic heterocycles. The molecule has 42 heteroatoms. The second kappa shape index (κ2) is 23.3. The average molecular weight is 1220 g/mol. The fraction of sp³-hybridized carbons (Fsp3) is 1.00. The molecule has 6 nitrogen and oxygen atoms in total. The number of alkyl halides is 34. The van der Waals surface area contributed by atoms with Crippen molar-refractivity contribution >= 4 is 17.6 Å². The lowest BCUT2D eigenvalue weighted by atomic mass is 9.88. The fourth-order valence-electron chi connectivity index (χ4n) is 5.30. The molecule has 0 saturated carbocycles. The zero-order valence-corrected chi connectivity index (χ0v) is 39.4. The molecule has 0 aliphatic rings. The number of hydrogen-bond donors (Lipinski definition) is 0. The van der Waals surface area contributed by atoms with Gasteiger partial charge in [0.25, 0.3) is 0 Å². The summed E-state index contributed by atoms with van der Waals surface area (Å²) in [6.07, 6.45) is -22.6. The molecule has 0 atom stereocenters. The lowest BCUT2D eigenvalue weighted by Gasteiger charge is -2.45. The number of rotatable bonds is 30. The van der Waals surface area contributed by atoms with E-state index >= 15 is 0 Å². The first-order chi connectivity index (χ1) is 32.3. The Bertz CT molecular complexity index is 1720. The largest absolute Gasteiger partial charge is 0.582 e. The second-order valence-electron chi connectivity index (χ2n) is 14.3. The zero-order valence-electron chi connectivity index (χ0n) is 37.4. The molecule has 0 bridgehead atoms. The van der Waals surface area contributed by atoms with Crippen molar-refractivity contribution in [2.24, 2.45) is 0 Å². The Morgan fingerprint density at radius 1 is 0.257 bits per heavy atom. The molecule has 0 spiro atoms. The Balaban J connectivity index is 0. The minimum absolute atomic E-state index is 0.420. The maximum atomic E-state index is 14.7. The van der Waals surface area contributed by atoms with Crippen LogP contribution < -0.4 is 0 Å². The summed E-state index contributed by atoms with van der Waals surface area (Å²) in [5, 5.41) is 0. The molecule has 0 rings (SSSR count). The molecular weight excluding hydrogens is 1180 g/mol. The first-order valence-electron chi connectivity index (χ1n) is 19.5. The van der Waals surface area contributed by atoms with Crippen molar-refractivity contribution in [3.63, 3.8) is 0 Å². The minimum Gasteiger partial charge on any atom is -0.374 e. The zero-order chi connectivity index (χ0) is 60.3. The molecule has 0 N–H and O–H groups in total. The van der Waals surface area contributed by atoms with Gasteiger partial charge in [-0.15, -0.1) is 0 Å². The van der Waals surface area contributed by atoms with Crippen LogP contribution in [0.1, 0.15) is 60.8 Å². The SMILES string of the molecule is CCO[Si](CCC(F)(F)C(F)(F)C(F)(F)C(F)(F)C(F)(F)C(F)(F)C(F)(F)C(F)(F)F)(OCC)OCC.CCO[Si](OCC)(OCC)C(F)(F)C(F)(F)C(F)(F)C(F)(F)C(F)(F)C(F)(F)C(F)(F)CCC(F)(F)F. The van der Waals surface area contributed by atoms with Crippen LogP contribution >= 0.6 is 0 Å². The van der Waals surface area contributed by atoms with Crippen LogP contribution in [0.15, 0.2) is 0 Å². The highest BCUT2D eigenvalue weighted by atomic mass is 28.4. The highest BCUT2D eigenvalue weighted by molar-refractivity contribution is 6.64. The van der Waals surface area contributed by atoms with Crippen LogP contribution in [0.3, 0.4) is 0 Å². The van der Waals surface area contributed by atoms with Crippen LogP contribution in [0.5, 0.6) is 0 Å².